The summed E-state index contributed by atoms with van der Waals surface area (Å²) in [5, 5.41) is 3.03. The van der Waals surface area contributed by atoms with Crippen LogP contribution in [-0.2, 0) is 0 Å². The van der Waals surface area contributed by atoms with Crippen molar-refractivity contribution in [3.8, 4) is 0 Å². The van der Waals surface area contributed by atoms with Crippen LogP contribution in [0.2, 0.25) is 0 Å². The van der Waals surface area contributed by atoms with Crippen molar-refractivity contribution in [1.82, 2.24) is 15.7 Å². The van der Waals surface area contributed by atoms with Gasteiger partial charge in [0, 0.05) is 18.6 Å². The van der Waals surface area contributed by atoms with Gasteiger partial charge in [-0.2, -0.15) is 0 Å². The molecule has 3 N–H and O–H groups in total. The van der Waals surface area contributed by atoms with Crippen molar-refractivity contribution in [2.24, 2.45) is 4.99 Å². The van der Waals surface area contributed by atoms with Crippen LogP contribution >= 0.6 is 0 Å². The van der Waals surface area contributed by atoms with Gasteiger partial charge in [-0.25, -0.2) is 9.78 Å². The molecule has 1 unspecified atom stereocenters. The van der Waals surface area contributed by atoms with Crippen molar-refractivity contribution in [3.63, 3.8) is 0 Å². The minimum absolute atomic E-state index is 0.381. The molecule has 6 nitrogen and oxygen atoms in total. The average Bonchev–Trinajstić information content (AvgIpc) is 2.83. The van der Waals surface area contributed by atoms with Crippen LogP contribution in [0.25, 0.3) is 0 Å². The lowest BCUT2D eigenvalue weighted by Crippen LogP contribution is -2.46. The number of nitrogens with zero attached hydrogens (tertiary/aromatic N) is 2. The van der Waals surface area contributed by atoms with Crippen molar-refractivity contribution in [1.29, 1.82) is 0 Å². The van der Waals surface area contributed by atoms with Crippen molar-refractivity contribution in [3.05, 3.63) is 83.3 Å². The molecule has 0 fully saturated rings. The second kappa shape index (κ2) is 11.0. The Hall–Kier alpha value is -3.41. The van der Waals surface area contributed by atoms with Gasteiger partial charge in [0.2, 0.25) is 0 Å². The van der Waals surface area contributed by atoms with Gasteiger partial charge in [-0.1, -0.05) is 37.5 Å². The largest absolute Gasteiger partial charge is 0.334 e. The summed E-state index contributed by atoms with van der Waals surface area (Å²) >= 11 is 0. The van der Waals surface area contributed by atoms with E-state index in [0.717, 1.165) is 46.3 Å². The van der Waals surface area contributed by atoms with Crippen molar-refractivity contribution in [2.75, 3.05) is 5.43 Å². The van der Waals surface area contributed by atoms with Crippen LogP contribution in [-0.4, -0.2) is 23.3 Å². The van der Waals surface area contributed by atoms with E-state index in [9.17, 15) is 4.79 Å². The lowest BCUT2D eigenvalue weighted by molar-refractivity contribution is 0.241. The third-order valence-corrected chi connectivity index (χ3v) is 4.86. The molecule has 1 aliphatic rings. The number of carbonyl (C=O) groups excluding carboxylic acids is 1. The molecule has 0 spiro atoms. The summed E-state index contributed by atoms with van der Waals surface area (Å²) in [7, 11) is 0. The summed E-state index contributed by atoms with van der Waals surface area (Å²) < 4.78 is 0. The van der Waals surface area contributed by atoms with Gasteiger partial charge in [0.05, 0.1) is 6.04 Å². The van der Waals surface area contributed by atoms with Gasteiger partial charge in [0.25, 0.3) is 0 Å². The van der Waals surface area contributed by atoms with E-state index in [1.54, 1.807) is 12.4 Å². The van der Waals surface area contributed by atoms with Crippen LogP contribution in [0, 0.1) is 13.8 Å². The fourth-order valence-electron chi connectivity index (χ4n) is 3.34. The molecule has 1 atom stereocenters. The minimum atomic E-state index is -0.399. The fraction of sp³-hybridized carbons (Fsp3) is 0.292. The zero-order chi connectivity index (χ0) is 22.1. The summed E-state index contributed by atoms with van der Waals surface area (Å²) in [6.45, 7) is 15.9. The molecule has 6 heteroatoms. The monoisotopic (exact) mass is 405 g/mol. The van der Waals surface area contributed by atoms with E-state index in [-0.39, 0.29) is 6.03 Å². The molecule has 0 aliphatic heterocycles. The third kappa shape index (κ3) is 5.80. The van der Waals surface area contributed by atoms with Crippen LogP contribution in [0.3, 0.4) is 0 Å². The predicted molar refractivity (Wildman–Crippen MR) is 125 cm³/mol. The maximum atomic E-state index is 12.7. The number of nitrogens with one attached hydrogen (secondary N) is 3. The maximum absolute atomic E-state index is 12.7. The summed E-state index contributed by atoms with van der Waals surface area (Å²) in [5.41, 5.74) is 11.4. The smallest absolute Gasteiger partial charge is 0.326 e. The Morgan fingerprint density at radius 2 is 2.07 bits per heavy atom. The SMILES string of the molecule is C=CC1=C(/C=C\C)C(NC(=O)NNc2ncc(C)cc2C)C(=C)/C(=C\N=CC)CC1. The first kappa shape index (κ1) is 22.9. The number of aromatic nitrogens is 1. The Balaban J connectivity index is 2.26. The Morgan fingerprint density at radius 1 is 1.30 bits per heavy atom. The fourth-order valence-corrected chi connectivity index (χ4v) is 3.34. The molecule has 1 heterocycles. The number of anilines is 1. The van der Waals surface area contributed by atoms with Gasteiger partial charge < -0.3 is 5.32 Å². The number of carbonyl (C=O) groups is 1. The Labute approximate surface area is 179 Å². The Bertz CT molecular complexity index is 937. The summed E-state index contributed by atoms with van der Waals surface area (Å²) in [4.78, 5) is 21.3. The molecule has 0 bridgehead atoms. The highest BCUT2D eigenvalue weighted by molar-refractivity contribution is 5.77. The number of rotatable bonds is 6. The van der Waals surface area contributed by atoms with Crippen molar-refractivity contribution < 1.29 is 4.79 Å². The highest BCUT2D eigenvalue weighted by Crippen LogP contribution is 2.32. The molecule has 2 rings (SSSR count). The zero-order valence-electron chi connectivity index (χ0n) is 18.2. The second-order valence-corrected chi connectivity index (χ2v) is 7.11. The first-order valence-electron chi connectivity index (χ1n) is 10.0. The Morgan fingerprint density at radius 3 is 2.70 bits per heavy atom. The van der Waals surface area contributed by atoms with Gasteiger partial charge in [-0.05, 0) is 74.0 Å². The van der Waals surface area contributed by atoms with E-state index >= 15 is 0 Å². The van der Waals surface area contributed by atoms with Gasteiger partial charge in [-0.15, -0.1) is 0 Å². The highest BCUT2D eigenvalue weighted by Gasteiger charge is 2.26. The van der Waals surface area contributed by atoms with E-state index in [2.05, 4.69) is 39.3 Å². The normalized spacial score (nSPS) is 18.7. The lowest BCUT2D eigenvalue weighted by Gasteiger charge is -2.23. The predicted octanol–water partition coefficient (Wildman–Crippen LogP) is 5.08. The summed E-state index contributed by atoms with van der Waals surface area (Å²) in [6, 6.07) is 1.22. The average molecular weight is 406 g/mol. The minimum Gasteiger partial charge on any atom is -0.326 e. The Kier molecular flexibility index (Phi) is 8.35. The van der Waals surface area contributed by atoms with Crippen LogP contribution in [0.15, 0.2) is 77.1 Å². The van der Waals surface area contributed by atoms with E-state index in [1.165, 1.54) is 0 Å². The van der Waals surface area contributed by atoms with E-state index < -0.39 is 6.04 Å². The summed E-state index contributed by atoms with van der Waals surface area (Å²) in [5.74, 6) is 0.601. The molecule has 2 amide bonds. The number of amides is 2. The highest BCUT2D eigenvalue weighted by atomic mass is 16.2. The molecule has 1 aromatic rings. The quantitative estimate of drug-likeness (QED) is 0.456. The first-order valence-corrected chi connectivity index (χ1v) is 10.0. The molecular formula is C24H31N5O. The summed E-state index contributed by atoms with van der Waals surface area (Å²) in [6.07, 6.45) is 12.7. The lowest BCUT2D eigenvalue weighted by atomic mass is 9.94. The molecule has 158 valence electrons. The van der Waals surface area contributed by atoms with Crippen molar-refractivity contribution in [2.45, 2.75) is 46.6 Å². The standard InChI is InChI=1S/C24H31N5O/c1-7-10-21-19(8-2)11-12-20(15-25-9-3)18(6)22(21)27-24(30)29-28-23-17(5)13-16(4)14-26-23/h7-10,13-15,22H,2,6,11-12H2,1,3-5H3,(H,26,28)(H2,27,29,30)/b10-7-,20-15-,25-9?. The molecular weight excluding hydrogens is 374 g/mol. The molecule has 0 aromatic carbocycles. The van der Waals surface area contributed by atoms with Crippen LogP contribution in [0.1, 0.15) is 37.8 Å². The number of hydrogen-bond donors (Lipinski definition) is 3. The van der Waals surface area contributed by atoms with E-state index in [0.29, 0.717) is 5.82 Å². The molecule has 1 aromatic heterocycles. The molecule has 0 saturated heterocycles. The van der Waals surface area contributed by atoms with Crippen LogP contribution < -0.4 is 16.2 Å². The molecule has 0 radical (unpaired) electrons. The molecule has 0 saturated carbocycles. The topological polar surface area (TPSA) is 78.4 Å². The van der Waals surface area contributed by atoms with E-state index in [4.69, 9.17) is 0 Å². The third-order valence-electron chi connectivity index (χ3n) is 4.86. The van der Waals surface area contributed by atoms with Gasteiger partial charge in [0.15, 0.2) is 0 Å². The van der Waals surface area contributed by atoms with Crippen LogP contribution in [0.4, 0.5) is 10.6 Å². The molecule has 1 aliphatic carbocycles. The number of aryl methyl sites for hydroxylation is 2. The maximum Gasteiger partial charge on any atom is 0.334 e. The first-order chi connectivity index (χ1) is 14.4. The number of hydrogen-bond acceptors (Lipinski definition) is 4. The second-order valence-electron chi connectivity index (χ2n) is 7.11. The van der Waals surface area contributed by atoms with E-state index in [1.807, 2.05) is 58.2 Å². The number of hydrazine groups is 1. The number of urea groups is 1. The van der Waals surface area contributed by atoms with Gasteiger partial charge in [0.1, 0.15) is 5.82 Å². The van der Waals surface area contributed by atoms with Crippen LogP contribution in [0.5, 0.6) is 0 Å². The zero-order valence-corrected chi connectivity index (χ0v) is 18.2. The number of aliphatic imine (C=N–C) groups is 1. The number of allylic oxidation sites excluding steroid dienone is 3. The van der Waals surface area contributed by atoms with Crippen molar-refractivity contribution >= 4 is 18.1 Å². The molecule has 30 heavy (non-hydrogen) atoms. The van der Waals surface area contributed by atoms with Gasteiger partial charge >= 0.3 is 6.03 Å². The van der Waals surface area contributed by atoms with Gasteiger partial charge in [-0.3, -0.25) is 15.8 Å². The number of pyridine rings is 1.